The zero-order chi connectivity index (χ0) is 9.47. The van der Waals surface area contributed by atoms with Crippen LogP contribution in [-0.2, 0) is 10.1 Å². The van der Waals surface area contributed by atoms with Crippen LogP contribution in [0.15, 0.2) is 33.9 Å². The minimum Gasteiger partial charge on any atom is -0.426 e. The van der Waals surface area contributed by atoms with Crippen LogP contribution in [0, 0.1) is 0 Å². The van der Waals surface area contributed by atoms with Crippen molar-refractivity contribution in [1.82, 2.24) is 4.98 Å². The first-order valence-corrected chi connectivity index (χ1v) is 4.84. The van der Waals surface area contributed by atoms with Crippen LogP contribution < -0.4 is 0 Å². The summed E-state index contributed by atoms with van der Waals surface area (Å²) in [4.78, 5) is 3.58. The van der Waals surface area contributed by atoms with E-state index in [1.54, 1.807) is 24.3 Å². The first-order chi connectivity index (χ1) is 6.07. The van der Waals surface area contributed by atoms with Gasteiger partial charge in [-0.1, -0.05) is 12.1 Å². The first kappa shape index (κ1) is 11.7. The Bertz CT molecular complexity index is 515. The second kappa shape index (κ2) is 4.00. The van der Waals surface area contributed by atoms with Crippen molar-refractivity contribution in [1.29, 1.82) is 0 Å². The summed E-state index contributed by atoms with van der Waals surface area (Å²) < 4.78 is 34.6. The van der Waals surface area contributed by atoms with Crippen molar-refractivity contribution in [2.45, 2.75) is 5.22 Å². The van der Waals surface area contributed by atoms with Gasteiger partial charge in [0.15, 0.2) is 5.58 Å². The van der Waals surface area contributed by atoms with Crippen LogP contribution in [0.2, 0.25) is 0 Å². The molecule has 1 N–H and O–H groups in total. The Labute approximate surface area is 102 Å². The van der Waals surface area contributed by atoms with E-state index in [1.807, 2.05) is 0 Å². The molecular formula is C7H5NNaO4S. The van der Waals surface area contributed by atoms with E-state index in [2.05, 4.69) is 4.98 Å². The van der Waals surface area contributed by atoms with Crippen LogP contribution in [0.1, 0.15) is 0 Å². The number of nitrogens with zero attached hydrogens (tertiary/aromatic N) is 1. The van der Waals surface area contributed by atoms with Gasteiger partial charge in [-0.05, 0) is 12.1 Å². The normalized spacial score (nSPS) is 11.2. The summed E-state index contributed by atoms with van der Waals surface area (Å²) in [6.45, 7) is 0. The maximum atomic E-state index is 10.6. The number of rotatable bonds is 1. The van der Waals surface area contributed by atoms with Gasteiger partial charge in [0, 0.05) is 29.6 Å². The van der Waals surface area contributed by atoms with Crippen molar-refractivity contribution in [3.05, 3.63) is 24.3 Å². The Balaban J connectivity index is 0.000000980. The van der Waals surface area contributed by atoms with Crippen LogP contribution in [0.25, 0.3) is 11.1 Å². The molecule has 0 amide bonds. The molecule has 0 atom stereocenters. The van der Waals surface area contributed by atoms with E-state index < -0.39 is 15.3 Å². The third-order valence-electron chi connectivity index (χ3n) is 1.49. The zero-order valence-corrected chi connectivity index (χ0v) is 10.2. The quantitative estimate of drug-likeness (QED) is 0.567. The van der Waals surface area contributed by atoms with Gasteiger partial charge in [0.25, 0.3) is 0 Å². The molecule has 0 aliphatic heterocycles. The van der Waals surface area contributed by atoms with Crippen LogP contribution in [-0.4, -0.2) is 47.5 Å². The molecule has 1 aromatic carbocycles. The molecule has 0 saturated heterocycles. The van der Waals surface area contributed by atoms with Gasteiger partial charge in [-0.2, -0.15) is 13.4 Å². The van der Waals surface area contributed by atoms with E-state index in [1.165, 1.54) is 0 Å². The van der Waals surface area contributed by atoms with Gasteiger partial charge in [0.2, 0.25) is 0 Å². The predicted molar refractivity (Wildman–Crippen MR) is 49.6 cm³/mol. The van der Waals surface area contributed by atoms with Crippen molar-refractivity contribution < 1.29 is 17.4 Å². The molecule has 1 heterocycles. The molecule has 1 radical (unpaired) electrons. The largest absolute Gasteiger partial charge is 0.426 e. The van der Waals surface area contributed by atoms with Gasteiger partial charge in [0.05, 0.1) is 0 Å². The molecule has 0 aliphatic rings. The molecule has 2 aromatic rings. The Kier molecular flexibility index (Phi) is 3.33. The molecule has 69 valence electrons. The van der Waals surface area contributed by atoms with Crippen molar-refractivity contribution >= 4 is 50.8 Å². The molecule has 1 aromatic heterocycles. The van der Waals surface area contributed by atoms with Gasteiger partial charge in [-0.15, -0.1) is 0 Å². The second-order valence-corrected chi connectivity index (χ2v) is 3.72. The summed E-state index contributed by atoms with van der Waals surface area (Å²) in [5.74, 6) is 0. The number of hydrogen-bond acceptors (Lipinski definition) is 4. The number of fused-ring (bicyclic) bond motifs is 1. The van der Waals surface area contributed by atoms with Gasteiger partial charge in [-0.25, -0.2) is 0 Å². The molecular weight excluding hydrogens is 217 g/mol. The zero-order valence-electron chi connectivity index (χ0n) is 7.34. The molecule has 0 bridgehead atoms. The first-order valence-electron chi connectivity index (χ1n) is 3.40. The van der Waals surface area contributed by atoms with Gasteiger partial charge < -0.3 is 4.42 Å². The number of aromatic nitrogens is 1. The number of hydrogen-bond donors (Lipinski definition) is 1. The summed E-state index contributed by atoms with van der Waals surface area (Å²) in [6, 6.07) is 6.53. The predicted octanol–water partition coefficient (Wildman–Crippen LogP) is 0.694. The van der Waals surface area contributed by atoms with Gasteiger partial charge >= 0.3 is 15.3 Å². The fourth-order valence-corrected chi connectivity index (χ4v) is 1.37. The van der Waals surface area contributed by atoms with Crippen molar-refractivity contribution in [2.24, 2.45) is 0 Å². The minimum absolute atomic E-state index is 0. The van der Waals surface area contributed by atoms with Crippen LogP contribution >= 0.6 is 0 Å². The van der Waals surface area contributed by atoms with E-state index in [-0.39, 0.29) is 29.6 Å². The monoisotopic (exact) mass is 222 g/mol. The molecule has 0 saturated carbocycles. The van der Waals surface area contributed by atoms with Crippen LogP contribution in [0.4, 0.5) is 0 Å². The Morgan fingerprint density at radius 1 is 1.29 bits per heavy atom. The Morgan fingerprint density at radius 3 is 2.50 bits per heavy atom. The van der Waals surface area contributed by atoms with E-state index in [0.717, 1.165) is 0 Å². The second-order valence-electron chi connectivity index (χ2n) is 2.42. The molecule has 5 nitrogen and oxygen atoms in total. The van der Waals surface area contributed by atoms with Crippen molar-refractivity contribution in [2.75, 3.05) is 0 Å². The smallest absolute Gasteiger partial charge is 0.347 e. The minimum atomic E-state index is -4.34. The van der Waals surface area contributed by atoms with Crippen LogP contribution in [0.3, 0.4) is 0 Å². The summed E-state index contributed by atoms with van der Waals surface area (Å²) in [7, 11) is -4.34. The van der Waals surface area contributed by atoms with E-state index in [0.29, 0.717) is 11.1 Å². The molecule has 2 rings (SSSR count). The van der Waals surface area contributed by atoms with Crippen molar-refractivity contribution in [3.8, 4) is 0 Å². The average molecular weight is 222 g/mol. The fraction of sp³-hybridized carbons (Fsp3) is 0. The third-order valence-corrected chi connectivity index (χ3v) is 2.11. The molecule has 0 unspecified atom stereocenters. The Morgan fingerprint density at radius 2 is 1.93 bits per heavy atom. The number of benzene rings is 1. The van der Waals surface area contributed by atoms with Crippen molar-refractivity contribution in [3.63, 3.8) is 0 Å². The molecule has 0 spiro atoms. The standard InChI is InChI=1S/C7H5NO4S.Na/c9-13(10,11)7-8-5-3-1-2-4-6(5)12-7;/h1-4H,(H,9,10,11);. The summed E-state index contributed by atoms with van der Waals surface area (Å²) in [6.07, 6.45) is 0. The average Bonchev–Trinajstić information content (AvgIpc) is 2.45. The summed E-state index contributed by atoms with van der Waals surface area (Å²) in [5.41, 5.74) is 0.727. The fourth-order valence-electron chi connectivity index (χ4n) is 0.961. The van der Waals surface area contributed by atoms with Gasteiger partial charge in [0.1, 0.15) is 5.52 Å². The van der Waals surface area contributed by atoms with Crippen LogP contribution in [0.5, 0.6) is 0 Å². The van der Waals surface area contributed by atoms with E-state index in [9.17, 15) is 8.42 Å². The number of para-hydroxylation sites is 2. The maximum Gasteiger partial charge on any atom is 0.347 e. The maximum absolute atomic E-state index is 10.6. The van der Waals surface area contributed by atoms with Gasteiger partial charge in [-0.3, -0.25) is 4.55 Å². The summed E-state index contributed by atoms with van der Waals surface area (Å²) in [5, 5.41) is -0.672. The molecule has 7 heteroatoms. The summed E-state index contributed by atoms with van der Waals surface area (Å²) >= 11 is 0. The van der Waals surface area contributed by atoms with E-state index in [4.69, 9.17) is 8.97 Å². The van der Waals surface area contributed by atoms with E-state index >= 15 is 0 Å². The Hall–Kier alpha value is -0.400. The number of oxazole rings is 1. The molecule has 14 heavy (non-hydrogen) atoms. The third kappa shape index (κ3) is 2.15. The topological polar surface area (TPSA) is 80.4 Å². The SMILES string of the molecule is O=S(=O)(O)c1nc2ccccc2o1.[Na]. The molecule has 0 aliphatic carbocycles. The molecule has 0 fully saturated rings.